The van der Waals surface area contributed by atoms with E-state index in [0.717, 1.165) is 31.6 Å². The van der Waals surface area contributed by atoms with E-state index in [9.17, 15) is 4.79 Å². The van der Waals surface area contributed by atoms with Crippen molar-refractivity contribution in [3.8, 4) is 0 Å². The van der Waals surface area contributed by atoms with Gasteiger partial charge in [-0.15, -0.1) is 0 Å². The third-order valence-electron chi connectivity index (χ3n) is 3.56. The summed E-state index contributed by atoms with van der Waals surface area (Å²) in [6.45, 7) is 9.22. The number of amides is 1. The molecule has 2 N–H and O–H groups in total. The number of nitrogens with one attached hydrogen (secondary N) is 2. The Balaban J connectivity index is 2.67. The Labute approximate surface area is 116 Å². The Hall–Kier alpha value is -1.58. The second-order valence-corrected chi connectivity index (χ2v) is 5.08. The highest BCUT2D eigenvalue weighted by Gasteiger charge is 2.22. The molecule has 0 saturated heterocycles. The molecule has 1 aromatic heterocycles. The summed E-state index contributed by atoms with van der Waals surface area (Å²) in [7, 11) is 0. The van der Waals surface area contributed by atoms with Crippen LogP contribution in [0.1, 0.15) is 57.3 Å². The maximum absolute atomic E-state index is 12.1. The fraction of sp³-hybridized carbons (Fsp3) is 0.600. The minimum absolute atomic E-state index is 0.0549. The highest BCUT2D eigenvalue weighted by atomic mass is 16.1. The van der Waals surface area contributed by atoms with Crippen LogP contribution < -0.4 is 10.6 Å². The van der Waals surface area contributed by atoms with E-state index in [2.05, 4.69) is 43.3 Å². The van der Waals surface area contributed by atoms with Gasteiger partial charge in [-0.1, -0.05) is 20.8 Å². The van der Waals surface area contributed by atoms with Gasteiger partial charge in [0.2, 0.25) is 0 Å². The van der Waals surface area contributed by atoms with Gasteiger partial charge in [-0.2, -0.15) is 0 Å². The van der Waals surface area contributed by atoms with Gasteiger partial charge in [-0.3, -0.25) is 4.79 Å². The van der Waals surface area contributed by atoms with Crippen LogP contribution in [0.5, 0.6) is 0 Å². The molecule has 0 fully saturated rings. The summed E-state index contributed by atoms with van der Waals surface area (Å²) in [5.74, 6) is 0.757. The lowest BCUT2D eigenvalue weighted by Gasteiger charge is -2.28. The van der Waals surface area contributed by atoms with E-state index in [1.165, 1.54) is 0 Å². The van der Waals surface area contributed by atoms with Crippen molar-refractivity contribution in [2.75, 3.05) is 11.9 Å². The average molecular weight is 263 g/mol. The van der Waals surface area contributed by atoms with Crippen molar-refractivity contribution in [2.45, 2.75) is 52.5 Å². The molecule has 1 rings (SSSR count). The summed E-state index contributed by atoms with van der Waals surface area (Å²) in [5, 5.41) is 6.26. The van der Waals surface area contributed by atoms with Crippen molar-refractivity contribution >= 4 is 11.7 Å². The van der Waals surface area contributed by atoms with Gasteiger partial charge in [0.25, 0.3) is 5.91 Å². The molecule has 1 amide bonds. The first-order chi connectivity index (χ1) is 9.04. The second kappa shape index (κ2) is 7.12. The summed E-state index contributed by atoms with van der Waals surface area (Å²) >= 11 is 0. The molecule has 0 radical (unpaired) electrons. The third-order valence-corrected chi connectivity index (χ3v) is 3.56. The van der Waals surface area contributed by atoms with Crippen molar-refractivity contribution in [2.24, 2.45) is 0 Å². The van der Waals surface area contributed by atoms with E-state index >= 15 is 0 Å². The predicted molar refractivity (Wildman–Crippen MR) is 79.5 cm³/mol. The number of aromatic nitrogens is 1. The first-order valence-electron chi connectivity index (χ1n) is 7.07. The van der Waals surface area contributed by atoms with Gasteiger partial charge in [0, 0.05) is 18.3 Å². The lowest BCUT2D eigenvalue weighted by atomic mass is 9.95. The molecule has 1 aromatic rings. The van der Waals surface area contributed by atoms with Crippen molar-refractivity contribution in [1.82, 2.24) is 10.3 Å². The fourth-order valence-electron chi connectivity index (χ4n) is 1.66. The Bertz CT molecular complexity index is 396. The molecular formula is C15H25N3O. The summed E-state index contributed by atoms with van der Waals surface area (Å²) < 4.78 is 0. The fourth-order valence-corrected chi connectivity index (χ4v) is 1.66. The van der Waals surface area contributed by atoms with Crippen LogP contribution >= 0.6 is 0 Å². The number of pyridine rings is 1. The van der Waals surface area contributed by atoms with E-state index < -0.39 is 0 Å². The first kappa shape index (κ1) is 15.5. The predicted octanol–water partition coefficient (Wildman–Crippen LogP) is 3.21. The molecule has 0 atom stereocenters. The monoisotopic (exact) mass is 263 g/mol. The molecule has 0 bridgehead atoms. The van der Waals surface area contributed by atoms with E-state index in [0.29, 0.717) is 5.56 Å². The first-order valence-corrected chi connectivity index (χ1v) is 7.07. The Morgan fingerprint density at radius 1 is 1.26 bits per heavy atom. The van der Waals surface area contributed by atoms with Crippen LogP contribution in [0.25, 0.3) is 0 Å². The maximum Gasteiger partial charge on any atom is 0.253 e. The molecule has 0 aliphatic rings. The third kappa shape index (κ3) is 4.54. The van der Waals surface area contributed by atoms with Crippen LogP contribution in [0.4, 0.5) is 5.82 Å². The largest absolute Gasteiger partial charge is 0.370 e. The summed E-state index contributed by atoms with van der Waals surface area (Å²) in [5.41, 5.74) is 0.464. The zero-order valence-electron chi connectivity index (χ0n) is 12.4. The molecule has 0 aliphatic carbocycles. The minimum atomic E-state index is -0.143. The van der Waals surface area contributed by atoms with Gasteiger partial charge in [-0.25, -0.2) is 4.98 Å². The number of rotatable bonds is 7. The van der Waals surface area contributed by atoms with Gasteiger partial charge >= 0.3 is 0 Å². The average Bonchev–Trinajstić information content (AvgIpc) is 2.45. The molecule has 0 saturated carbocycles. The highest BCUT2D eigenvalue weighted by molar-refractivity contribution is 5.94. The molecule has 4 heteroatoms. The zero-order valence-corrected chi connectivity index (χ0v) is 12.4. The Morgan fingerprint density at radius 3 is 2.42 bits per heavy atom. The maximum atomic E-state index is 12.1. The summed E-state index contributed by atoms with van der Waals surface area (Å²) in [6.07, 6.45) is 4.51. The molecule has 0 unspecified atom stereocenters. The zero-order chi connectivity index (χ0) is 14.3. The topological polar surface area (TPSA) is 54.0 Å². The summed E-state index contributed by atoms with van der Waals surface area (Å²) in [6, 6.07) is 3.66. The molecule has 0 spiro atoms. The van der Waals surface area contributed by atoms with Gasteiger partial charge < -0.3 is 10.6 Å². The number of carbonyl (C=O) groups is 1. The molecule has 19 heavy (non-hydrogen) atoms. The van der Waals surface area contributed by atoms with Crippen molar-refractivity contribution in [1.29, 1.82) is 0 Å². The van der Waals surface area contributed by atoms with Gasteiger partial charge in [-0.05, 0) is 38.3 Å². The minimum Gasteiger partial charge on any atom is -0.370 e. The standard InChI is InChI=1S/C15H25N3O/c1-5-10-16-13-9-8-12(11-17-13)14(19)18-15(4,6-2)7-3/h8-9,11H,5-7,10H2,1-4H3,(H,16,17)(H,18,19). The van der Waals surface area contributed by atoms with Gasteiger partial charge in [0.1, 0.15) is 5.82 Å². The molecule has 1 heterocycles. The van der Waals surface area contributed by atoms with Crippen LogP contribution in [-0.4, -0.2) is 23.0 Å². The lowest BCUT2D eigenvalue weighted by molar-refractivity contribution is 0.0900. The lowest BCUT2D eigenvalue weighted by Crippen LogP contribution is -2.44. The van der Waals surface area contributed by atoms with Crippen LogP contribution in [-0.2, 0) is 0 Å². The van der Waals surface area contributed by atoms with Crippen LogP contribution in [0.15, 0.2) is 18.3 Å². The Kier molecular flexibility index (Phi) is 5.80. The van der Waals surface area contributed by atoms with Gasteiger partial charge in [0.15, 0.2) is 0 Å². The van der Waals surface area contributed by atoms with Crippen LogP contribution in [0, 0.1) is 0 Å². The molecule has 0 aromatic carbocycles. The molecular weight excluding hydrogens is 238 g/mol. The highest BCUT2D eigenvalue weighted by Crippen LogP contribution is 2.15. The quantitative estimate of drug-likeness (QED) is 0.794. The van der Waals surface area contributed by atoms with E-state index in [4.69, 9.17) is 0 Å². The van der Waals surface area contributed by atoms with Crippen molar-refractivity contribution in [3.05, 3.63) is 23.9 Å². The molecule has 0 aliphatic heterocycles. The number of hydrogen-bond donors (Lipinski definition) is 2. The number of anilines is 1. The SMILES string of the molecule is CCCNc1ccc(C(=O)NC(C)(CC)CC)cn1. The van der Waals surface area contributed by atoms with E-state index in [1.807, 2.05) is 12.1 Å². The van der Waals surface area contributed by atoms with Gasteiger partial charge in [0.05, 0.1) is 5.56 Å². The van der Waals surface area contributed by atoms with E-state index in [1.54, 1.807) is 6.20 Å². The number of hydrogen-bond acceptors (Lipinski definition) is 3. The second-order valence-electron chi connectivity index (χ2n) is 5.08. The normalized spacial score (nSPS) is 11.2. The smallest absolute Gasteiger partial charge is 0.253 e. The van der Waals surface area contributed by atoms with E-state index in [-0.39, 0.29) is 11.4 Å². The Morgan fingerprint density at radius 2 is 1.95 bits per heavy atom. The molecule has 4 nitrogen and oxygen atoms in total. The molecule has 106 valence electrons. The van der Waals surface area contributed by atoms with Crippen LogP contribution in [0.3, 0.4) is 0 Å². The van der Waals surface area contributed by atoms with Crippen LogP contribution in [0.2, 0.25) is 0 Å². The van der Waals surface area contributed by atoms with Crippen molar-refractivity contribution in [3.63, 3.8) is 0 Å². The number of carbonyl (C=O) groups excluding carboxylic acids is 1. The summed E-state index contributed by atoms with van der Waals surface area (Å²) in [4.78, 5) is 16.4. The number of nitrogens with zero attached hydrogens (tertiary/aromatic N) is 1. The van der Waals surface area contributed by atoms with Crippen molar-refractivity contribution < 1.29 is 4.79 Å².